The maximum atomic E-state index is 11.4. The molecule has 1 aromatic carbocycles. The van der Waals surface area contributed by atoms with Gasteiger partial charge in [-0.2, -0.15) is 0 Å². The third-order valence-corrected chi connectivity index (χ3v) is 6.54. The smallest absolute Gasteiger partial charge is 0.305 e. The van der Waals surface area contributed by atoms with Gasteiger partial charge in [-0.15, -0.1) is 11.6 Å². The normalized spacial score (nSPS) is 29.4. The van der Waals surface area contributed by atoms with E-state index in [0.717, 1.165) is 43.2 Å². The van der Waals surface area contributed by atoms with Crippen LogP contribution in [0.5, 0.6) is 0 Å². The summed E-state index contributed by atoms with van der Waals surface area (Å²) in [6, 6.07) is 6.22. The molecule has 0 heterocycles. The number of ether oxygens (including phenoxy) is 1. The van der Waals surface area contributed by atoms with Crippen molar-refractivity contribution >= 4 is 17.6 Å². The lowest BCUT2D eigenvalue weighted by Crippen LogP contribution is -2.18. The van der Waals surface area contributed by atoms with Gasteiger partial charge in [-0.1, -0.05) is 30.4 Å². The van der Waals surface area contributed by atoms with Gasteiger partial charge in [0.25, 0.3) is 0 Å². The van der Waals surface area contributed by atoms with Gasteiger partial charge < -0.3 is 14.9 Å². The third-order valence-electron chi connectivity index (χ3n) is 6.04. The first-order valence-corrected chi connectivity index (χ1v) is 10.9. The fourth-order valence-corrected chi connectivity index (χ4v) is 5.06. The van der Waals surface area contributed by atoms with Gasteiger partial charge in [-0.05, 0) is 68.1 Å². The lowest BCUT2D eigenvalue weighted by atomic mass is 9.84. The largest absolute Gasteiger partial charge is 0.466 e. The molecule has 5 atom stereocenters. The highest BCUT2D eigenvalue weighted by Crippen LogP contribution is 2.46. The zero-order valence-electron chi connectivity index (χ0n) is 16.5. The maximum absolute atomic E-state index is 11.4. The molecule has 4 nitrogen and oxygen atoms in total. The quantitative estimate of drug-likeness (QED) is 0.290. The number of rotatable bonds is 8. The number of fused-ring (bicyclic) bond motifs is 1. The average molecular weight is 407 g/mol. The molecule has 5 heteroatoms. The lowest BCUT2D eigenvalue weighted by Gasteiger charge is -2.23. The average Bonchev–Trinajstić information content (AvgIpc) is 3.17. The van der Waals surface area contributed by atoms with E-state index in [1.165, 1.54) is 5.56 Å². The summed E-state index contributed by atoms with van der Waals surface area (Å²) in [6.07, 6.45) is 8.60. The van der Waals surface area contributed by atoms with Crippen LogP contribution in [0.3, 0.4) is 0 Å². The molecular formula is C23H31ClO4. The second kappa shape index (κ2) is 9.91. The van der Waals surface area contributed by atoms with Crippen LogP contribution in [0.4, 0.5) is 0 Å². The van der Waals surface area contributed by atoms with Crippen molar-refractivity contribution < 1.29 is 19.7 Å². The fourth-order valence-electron chi connectivity index (χ4n) is 4.62. The van der Waals surface area contributed by atoms with Gasteiger partial charge in [0, 0.05) is 17.7 Å². The minimum Gasteiger partial charge on any atom is -0.466 e. The minimum atomic E-state index is -0.436. The predicted molar refractivity (Wildman–Crippen MR) is 110 cm³/mol. The van der Waals surface area contributed by atoms with Crippen LogP contribution < -0.4 is 0 Å². The molecule has 2 aliphatic carbocycles. The van der Waals surface area contributed by atoms with Gasteiger partial charge in [-0.25, -0.2) is 0 Å². The van der Waals surface area contributed by atoms with Crippen LogP contribution in [0.25, 0.3) is 0 Å². The molecule has 0 aromatic heterocycles. The van der Waals surface area contributed by atoms with Gasteiger partial charge in [0.05, 0.1) is 18.8 Å². The monoisotopic (exact) mass is 406 g/mol. The van der Waals surface area contributed by atoms with E-state index in [9.17, 15) is 15.0 Å². The van der Waals surface area contributed by atoms with Crippen LogP contribution in [0.15, 0.2) is 30.4 Å². The van der Waals surface area contributed by atoms with E-state index in [0.29, 0.717) is 19.4 Å². The topological polar surface area (TPSA) is 66.8 Å². The molecule has 1 saturated carbocycles. The van der Waals surface area contributed by atoms with E-state index in [-0.39, 0.29) is 29.3 Å². The van der Waals surface area contributed by atoms with Gasteiger partial charge in [0.1, 0.15) is 0 Å². The molecule has 0 saturated heterocycles. The van der Waals surface area contributed by atoms with Crippen molar-refractivity contribution in [2.45, 2.75) is 75.4 Å². The molecule has 1 aromatic rings. The number of alkyl halides is 1. The Morgan fingerprint density at radius 3 is 2.93 bits per heavy atom. The van der Waals surface area contributed by atoms with Gasteiger partial charge in [-0.3, -0.25) is 4.79 Å². The summed E-state index contributed by atoms with van der Waals surface area (Å²) >= 11 is 6.58. The van der Waals surface area contributed by atoms with E-state index in [4.69, 9.17) is 16.3 Å². The second-order valence-electron chi connectivity index (χ2n) is 7.93. The van der Waals surface area contributed by atoms with Crippen LogP contribution in [-0.4, -0.2) is 34.3 Å². The number of carbonyl (C=O) groups excluding carboxylic acids is 1. The molecule has 3 rings (SSSR count). The number of aliphatic hydroxyl groups excluding tert-OH is 2. The number of halogens is 1. The molecule has 0 spiro atoms. The van der Waals surface area contributed by atoms with E-state index in [1.54, 1.807) is 0 Å². The Hall–Kier alpha value is -1.36. The highest BCUT2D eigenvalue weighted by Gasteiger charge is 2.42. The van der Waals surface area contributed by atoms with Crippen molar-refractivity contribution in [1.82, 2.24) is 0 Å². The molecule has 5 unspecified atom stereocenters. The molecule has 2 aliphatic rings. The number of hydrogen-bond acceptors (Lipinski definition) is 4. The molecule has 0 amide bonds. The van der Waals surface area contributed by atoms with Crippen molar-refractivity contribution in [3.8, 4) is 0 Å². The highest BCUT2D eigenvalue weighted by atomic mass is 35.5. The predicted octanol–water partition coefficient (Wildman–Crippen LogP) is 4.42. The van der Waals surface area contributed by atoms with Gasteiger partial charge in [0.2, 0.25) is 0 Å². The Labute approximate surface area is 172 Å². The maximum Gasteiger partial charge on any atom is 0.305 e. The Kier molecular flexibility index (Phi) is 7.55. The molecule has 28 heavy (non-hydrogen) atoms. The van der Waals surface area contributed by atoms with Gasteiger partial charge >= 0.3 is 5.97 Å². The first-order chi connectivity index (χ1) is 13.5. The second-order valence-corrected chi connectivity index (χ2v) is 8.49. The third kappa shape index (κ3) is 4.97. The van der Waals surface area contributed by atoms with Crippen molar-refractivity contribution in [3.05, 3.63) is 47.0 Å². The van der Waals surface area contributed by atoms with Crippen LogP contribution in [0, 0.1) is 5.92 Å². The van der Waals surface area contributed by atoms with Crippen molar-refractivity contribution in [2.24, 2.45) is 5.92 Å². The number of aliphatic hydroxyl groups is 2. The summed E-state index contributed by atoms with van der Waals surface area (Å²) in [5.41, 5.74) is 3.35. The van der Waals surface area contributed by atoms with Crippen LogP contribution >= 0.6 is 11.6 Å². The number of allylic oxidation sites excluding steroid dienone is 2. The van der Waals surface area contributed by atoms with E-state index in [1.807, 2.05) is 19.1 Å². The first kappa shape index (κ1) is 21.4. The standard InChI is InChI=1S/C23H31ClO4/c1-2-28-22(27)8-6-4-3-5-7-18-19(24)14-21(26)23(18)16-9-11-17-15(13-16)10-12-20(17)25/h3,5,9,11,13,18-21,23,25-26H,2,4,6-8,10,12,14H2,1H3/b5-3-. The van der Waals surface area contributed by atoms with Crippen molar-refractivity contribution in [2.75, 3.05) is 6.61 Å². The molecule has 0 aliphatic heterocycles. The Morgan fingerprint density at radius 2 is 2.14 bits per heavy atom. The summed E-state index contributed by atoms with van der Waals surface area (Å²) in [6.45, 7) is 2.24. The summed E-state index contributed by atoms with van der Waals surface area (Å²) in [5, 5.41) is 20.6. The van der Waals surface area contributed by atoms with E-state index in [2.05, 4.69) is 18.2 Å². The van der Waals surface area contributed by atoms with Crippen molar-refractivity contribution in [3.63, 3.8) is 0 Å². The number of hydrogen-bond donors (Lipinski definition) is 2. The highest BCUT2D eigenvalue weighted by molar-refractivity contribution is 6.21. The van der Waals surface area contributed by atoms with E-state index >= 15 is 0 Å². The summed E-state index contributed by atoms with van der Waals surface area (Å²) in [5.74, 6) is 0.0644. The van der Waals surface area contributed by atoms with Crippen LogP contribution in [0.1, 0.15) is 74.2 Å². The SMILES string of the molecule is CCOC(=O)CCC/C=C\CC1C(Cl)CC(O)C1c1ccc2c(c1)CCC2O. The zero-order chi connectivity index (χ0) is 20.1. The van der Waals surface area contributed by atoms with E-state index < -0.39 is 6.10 Å². The number of aryl methyl sites for hydroxylation is 1. The molecule has 1 fully saturated rings. The molecule has 0 radical (unpaired) electrons. The molecular weight excluding hydrogens is 376 g/mol. The zero-order valence-corrected chi connectivity index (χ0v) is 17.3. The Morgan fingerprint density at radius 1 is 1.32 bits per heavy atom. The van der Waals surface area contributed by atoms with Crippen molar-refractivity contribution in [1.29, 1.82) is 0 Å². The minimum absolute atomic E-state index is 0.0229. The summed E-state index contributed by atoms with van der Waals surface area (Å²) in [7, 11) is 0. The van der Waals surface area contributed by atoms with Crippen LogP contribution in [-0.2, 0) is 16.0 Å². The Bertz CT molecular complexity index is 702. The Balaban J connectivity index is 1.59. The first-order valence-electron chi connectivity index (χ1n) is 10.4. The molecule has 2 N–H and O–H groups in total. The molecule has 154 valence electrons. The van der Waals surface area contributed by atoms with Crippen LogP contribution in [0.2, 0.25) is 0 Å². The number of esters is 1. The molecule has 0 bridgehead atoms. The number of benzene rings is 1. The van der Waals surface area contributed by atoms with Gasteiger partial charge in [0.15, 0.2) is 0 Å². The number of carbonyl (C=O) groups is 1. The number of unbranched alkanes of at least 4 members (excludes halogenated alkanes) is 1. The summed E-state index contributed by atoms with van der Waals surface area (Å²) in [4.78, 5) is 11.4. The fraction of sp³-hybridized carbons (Fsp3) is 0.609. The summed E-state index contributed by atoms with van der Waals surface area (Å²) < 4.78 is 4.93. The lowest BCUT2D eigenvalue weighted by molar-refractivity contribution is -0.143.